The van der Waals surface area contributed by atoms with Gasteiger partial charge in [0.15, 0.2) is 0 Å². The van der Waals surface area contributed by atoms with E-state index in [0.717, 1.165) is 19.4 Å². The first kappa shape index (κ1) is 17.1. The van der Waals surface area contributed by atoms with E-state index in [9.17, 15) is 9.90 Å². The second-order valence-corrected chi connectivity index (χ2v) is 4.28. The summed E-state index contributed by atoms with van der Waals surface area (Å²) < 4.78 is 5.16. The van der Waals surface area contributed by atoms with Crippen molar-refractivity contribution in [2.24, 2.45) is 0 Å². The maximum absolute atomic E-state index is 10.5. The van der Waals surface area contributed by atoms with Crippen LogP contribution in [0.2, 0.25) is 0 Å². The fraction of sp³-hybridized carbons (Fsp3) is 0.769. The zero-order valence-corrected chi connectivity index (χ0v) is 11.2. The SMILES string of the molecule is C=CCOCC(O)CN(CCCC)CCC(=O)O. The minimum absolute atomic E-state index is 0.101. The predicted molar refractivity (Wildman–Crippen MR) is 70.6 cm³/mol. The summed E-state index contributed by atoms with van der Waals surface area (Å²) in [6, 6.07) is 0. The minimum atomic E-state index is -0.811. The minimum Gasteiger partial charge on any atom is -0.481 e. The molecule has 1 unspecified atom stereocenters. The summed E-state index contributed by atoms with van der Waals surface area (Å²) in [5, 5.41) is 18.4. The highest BCUT2D eigenvalue weighted by atomic mass is 16.5. The summed E-state index contributed by atoms with van der Waals surface area (Å²) in [5.41, 5.74) is 0. The van der Waals surface area contributed by atoms with Gasteiger partial charge in [0.05, 0.1) is 25.7 Å². The molecule has 0 saturated heterocycles. The third-order valence-electron chi connectivity index (χ3n) is 2.48. The number of aliphatic carboxylic acids is 1. The van der Waals surface area contributed by atoms with Crippen LogP contribution >= 0.6 is 0 Å². The quantitative estimate of drug-likeness (QED) is 0.406. The summed E-state index contributed by atoms with van der Waals surface area (Å²) >= 11 is 0. The van der Waals surface area contributed by atoms with E-state index in [0.29, 0.717) is 19.7 Å². The number of hydrogen-bond acceptors (Lipinski definition) is 4. The van der Waals surface area contributed by atoms with Crippen molar-refractivity contribution in [3.63, 3.8) is 0 Å². The average Bonchev–Trinajstić information content (AvgIpc) is 2.32. The normalized spacial score (nSPS) is 12.6. The zero-order valence-electron chi connectivity index (χ0n) is 11.2. The topological polar surface area (TPSA) is 70.0 Å². The molecule has 2 N–H and O–H groups in total. The second kappa shape index (κ2) is 11.2. The molecular formula is C13H25NO4. The lowest BCUT2D eigenvalue weighted by molar-refractivity contribution is -0.137. The molecular weight excluding hydrogens is 234 g/mol. The second-order valence-electron chi connectivity index (χ2n) is 4.28. The van der Waals surface area contributed by atoms with E-state index >= 15 is 0 Å². The van der Waals surface area contributed by atoms with Crippen LogP contribution in [-0.2, 0) is 9.53 Å². The molecule has 0 bridgehead atoms. The van der Waals surface area contributed by atoms with Crippen molar-refractivity contribution in [1.29, 1.82) is 0 Å². The van der Waals surface area contributed by atoms with Crippen LogP contribution in [-0.4, -0.2) is 60.0 Å². The highest BCUT2D eigenvalue weighted by molar-refractivity contribution is 5.66. The molecule has 0 spiro atoms. The van der Waals surface area contributed by atoms with Gasteiger partial charge < -0.3 is 19.8 Å². The van der Waals surface area contributed by atoms with Gasteiger partial charge in [-0.2, -0.15) is 0 Å². The third-order valence-corrected chi connectivity index (χ3v) is 2.48. The number of unbranched alkanes of at least 4 members (excludes halogenated alkanes) is 1. The lowest BCUT2D eigenvalue weighted by Crippen LogP contribution is -2.37. The van der Waals surface area contributed by atoms with Crippen molar-refractivity contribution in [1.82, 2.24) is 4.90 Å². The Labute approximate surface area is 109 Å². The number of aliphatic hydroxyl groups is 1. The molecule has 0 aromatic rings. The first-order chi connectivity index (χ1) is 8.60. The number of aliphatic hydroxyl groups excluding tert-OH is 1. The molecule has 0 aliphatic rings. The summed E-state index contributed by atoms with van der Waals surface area (Å²) in [6.45, 7) is 8.00. The number of carboxylic acids is 1. The van der Waals surface area contributed by atoms with E-state index in [-0.39, 0.29) is 13.0 Å². The molecule has 5 nitrogen and oxygen atoms in total. The largest absolute Gasteiger partial charge is 0.481 e. The number of hydrogen-bond donors (Lipinski definition) is 2. The molecule has 0 rings (SSSR count). The van der Waals surface area contributed by atoms with Gasteiger partial charge in [-0.25, -0.2) is 0 Å². The smallest absolute Gasteiger partial charge is 0.304 e. The van der Waals surface area contributed by atoms with E-state index in [1.54, 1.807) is 6.08 Å². The van der Waals surface area contributed by atoms with Gasteiger partial charge in [-0.3, -0.25) is 4.79 Å². The lowest BCUT2D eigenvalue weighted by Gasteiger charge is -2.24. The van der Waals surface area contributed by atoms with Crippen molar-refractivity contribution >= 4 is 5.97 Å². The number of ether oxygens (including phenoxy) is 1. The van der Waals surface area contributed by atoms with E-state index in [2.05, 4.69) is 13.5 Å². The molecule has 0 aromatic heterocycles. The standard InChI is InChI=1S/C13H25NO4/c1-3-5-7-14(8-6-13(16)17)10-12(15)11-18-9-4-2/h4,12,15H,2-3,5-11H2,1H3,(H,16,17). The fourth-order valence-electron chi connectivity index (χ4n) is 1.57. The summed E-state index contributed by atoms with van der Waals surface area (Å²) in [6.07, 6.45) is 3.19. The van der Waals surface area contributed by atoms with Crippen LogP contribution in [0.15, 0.2) is 12.7 Å². The summed E-state index contributed by atoms with van der Waals surface area (Å²) in [4.78, 5) is 12.5. The summed E-state index contributed by atoms with van der Waals surface area (Å²) in [7, 11) is 0. The van der Waals surface area contributed by atoms with E-state index in [4.69, 9.17) is 9.84 Å². The van der Waals surface area contributed by atoms with E-state index in [1.807, 2.05) is 4.90 Å². The molecule has 0 aliphatic heterocycles. The van der Waals surface area contributed by atoms with Crippen LogP contribution in [0.25, 0.3) is 0 Å². The van der Waals surface area contributed by atoms with Crippen LogP contribution in [0.4, 0.5) is 0 Å². The highest BCUT2D eigenvalue weighted by Gasteiger charge is 2.12. The van der Waals surface area contributed by atoms with Crippen LogP contribution < -0.4 is 0 Å². The summed E-state index contributed by atoms with van der Waals surface area (Å²) in [5.74, 6) is -0.811. The molecule has 106 valence electrons. The van der Waals surface area contributed by atoms with Gasteiger partial charge in [-0.05, 0) is 13.0 Å². The molecule has 1 atom stereocenters. The van der Waals surface area contributed by atoms with Crippen LogP contribution in [0, 0.1) is 0 Å². The van der Waals surface area contributed by atoms with Crippen LogP contribution in [0.3, 0.4) is 0 Å². The molecule has 18 heavy (non-hydrogen) atoms. The number of rotatable bonds is 12. The monoisotopic (exact) mass is 259 g/mol. The lowest BCUT2D eigenvalue weighted by atomic mass is 10.2. The molecule has 5 heteroatoms. The van der Waals surface area contributed by atoms with Crippen LogP contribution in [0.5, 0.6) is 0 Å². The Morgan fingerprint density at radius 1 is 1.50 bits per heavy atom. The van der Waals surface area contributed by atoms with Gasteiger partial charge in [0.1, 0.15) is 0 Å². The molecule has 0 aliphatic carbocycles. The van der Waals surface area contributed by atoms with Gasteiger partial charge in [0.2, 0.25) is 0 Å². The Hall–Kier alpha value is -0.910. The number of nitrogens with zero attached hydrogens (tertiary/aromatic N) is 1. The first-order valence-electron chi connectivity index (χ1n) is 6.41. The van der Waals surface area contributed by atoms with Crippen molar-refractivity contribution in [2.45, 2.75) is 32.3 Å². The maximum atomic E-state index is 10.5. The Balaban J connectivity index is 3.95. The van der Waals surface area contributed by atoms with E-state index < -0.39 is 12.1 Å². The molecule has 0 aromatic carbocycles. The molecule has 0 amide bonds. The molecule has 0 fully saturated rings. The zero-order chi connectivity index (χ0) is 13.8. The maximum Gasteiger partial charge on any atom is 0.304 e. The van der Waals surface area contributed by atoms with E-state index in [1.165, 1.54) is 0 Å². The van der Waals surface area contributed by atoms with Crippen molar-refractivity contribution < 1.29 is 19.7 Å². The Bertz CT molecular complexity index is 233. The molecule has 0 radical (unpaired) electrons. The fourth-order valence-corrected chi connectivity index (χ4v) is 1.57. The van der Waals surface area contributed by atoms with Crippen molar-refractivity contribution in [3.05, 3.63) is 12.7 Å². The molecule has 0 heterocycles. The Morgan fingerprint density at radius 2 is 2.22 bits per heavy atom. The van der Waals surface area contributed by atoms with Gasteiger partial charge in [-0.1, -0.05) is 19.4 Å². The van der Waals surface area contributed by atoms with Crippen molar-refractivity contribution in [2.75, 3.05) is 32.8 Å². The van der Waals surface area contributed by atoms with Gasteiger partial charge in [-0.15, -0.1) is 6.58 Å². The number of carboxylic acid groups (broad SMARTS) is 1. The number of carbonyl (C=O) groups is 1. The third kappa shape index (κ3) is 10.3. The first-order valence-corrected chi connectivity index (χ1v) is 6.41. The van der Waals surface area contributed by atoms with Gasteiger partial charge >= 0.3 is 5.97 Å². The van der Waals surface area contributed by atoms with Crippen LogP contribution in [0.1, 0.15) is 26.2 Å². The average molecular weight is 259 g/mol. The van der Waals surface area contributed by atoms with Crippen molar-refractivity contribution in [3.8, 4) is 0 Å². The highest BCUT2D eigenvalue weighted by Crippen LogP contribution is 2.00. The molecule has 0 saturated carbocycles. The Morgan fingerprint density at radius 3 is 2.78 bits per heavy atom. The van der Waals surface area contributed by atoms with Gasteiger partial charge in [0.25, 0.3) is 0 Å². The Kier molecular flexibility index (Phi) is 10.6. The predicted octanol–water partition coefficient (Wildman–Crippen LogP) is 1.13. The van der Waals surface area contributed by atoms with Gasteiger partial charge in [0, 0.05) is 13.1 Å².